The van der Waals surface area contributed by atoms with Gasteiger partial charge in [-0.3, -0.25) is 9.69 Å². The summed E-state index contributed by atoms with van der Waals surface area (Å²) in [4.78, 5) is 27.9. The Kier molecular flexibility index (Phi) is 4.69. The number of hydrogen-bond donors (Lipinski definition) is 1. The topological polar surface area (TPSA) is 61.9 Å². The lowest BCUT2D eigenvalue weighted by molar-refractivity contribution is -0.134. The lowest BCUT2D eigenvalue weighted by atomic mass is 10.2. The predicted molar refractivity (Wildman–Crippen MR) is 87.2 cm³/mol. The fraction of sp³-hybridized carbons (Fsp3) is 0.529. The maximum atomic E-state index is 12.7. The molecular formula is C17H23N3O3. The Balaban J connectivity index is 1.58. The van der Waals surface area contributed by atoms with E-state index in [0.717, 1.165) is 31.5 Å². The van der Waals surface area contributed by atoms with Gasteiger partial charge in [-0.2, -0.15) is 0 Å². The van der Waals surface area contributed by atoms with Crippen LogP contribution >= 0.6 is 0 Å². The molecule has 2 atom stereocenters. The van der Waals surface area contributed by atoms with E-state index in [1.807, 2.05) is 35.2 Å². The van der Waals surface area contributed by atoms with Crippen LogP contribution in [0.15, 0.2) is 30.3 Å². The average Bonchev–Trinajstić information content (AvgIpc) is 3.24. The van der Waals surface area contributed by atoms with E-state index in [1.54, 1.807) is 4.90 Å². The Morgan fingerprint density at radius 1 is 1.17 bits per heavy atom. The number of nitrogens with zero attached hydrogens (tertiary/aromatic N) is 2. The number of rotatable bonds is 3. The van der Waals surface area contributed by atoms with Crippen LogP contribution in [0.5, 0.6) is 0 Å². The van der Waals surface area contributed by atoms with Crippen LogP contribution in [0.25, 0.3) is 0 Å². The number of amides is 2. The Morgan fingerprint density at radius 2 is 1.96 bits per heavy atom. The first-order valence-corrected chi connectivity index (χ1v) is 8.14. The number of likely N-dealkylation sites (tertiary alicyclic amines) is 2. The Bertz CT molecular complexity index is 563. The van der Waals surface area contributed by atoms with E-state index < -0.39 is 6.09 Å². The van der Waals surface area contributed by atoms with Crippen molar-refractivity contribution in [3.05, 3.63) is 30.3 Å². The first kappa shape index (κ1) is 15.6. The van der Waals surface area contributed by atoms with E-state index in [-0.39, 0.29) is 18.0 Å². The first-order valence-electron chi connectivity index (χ1n) is 8.14. The van der Waals surface area contributed by atoms with Gasteiger partial charge in [-0.1, -0.05) is 18.2 Å². The molecule has 0 spiro atoms. The van der Waals surface area contributed by atoms with Crippen LogP contribution in [0.3, 0.4) is 0 Å². The second-order valence-corrected chi connectivity index (χ2v) is 6.10. The predicted octanol–water partition coefficient (Wildman–Crippen LogP) is 1.93. The van der Waals surface area contributed by atoms with Crippen LogP contribution in [0.2, 0.25) is 0 Å². The molecule has 0 aliphatic carbocycles. The third-order valence-electron chi connectivity index (χ3n) is 4.59. The lowest BCUT2D eigenvalue weighted by Gasteiger charge is -2.27. The number of carbonyl (C=O) groups excluding carboxylic acids is 2. The summed E-state index contributed by atoms with van der Waals surface area (Å²) in [6.07, 6.45) is 2.09. The number of anilines is 1. The van der Waals surface area contributed by atoms with Gasteiger partial charge in [-0.15, -0.1) is 0 Å². The molecule has 6 heteroatoms. The van der Waals surface area contributed by atoms with Crippen molar-refractivity contribution in [2.45, 2.75) is 31.3 Å². The summed E-state index contributed by atoms with van der Waals surface area (Å²) in [5.74, 6) is 0.0465. The quantitative estimate of drug-likeness (QED) is 0.925. The van der Waals surface area contributed by atoms with Crippen LogP contribution in [0.1, 0.15) is 19.3 Å². The molecule has 6 nitrogen and oxygen atoms in total. The molecule has 0 aromatic heterocycles. The fourth-order valence-corrected chi connectivity index (χ4v) is 3.42. The van der Waals surface area contributed by atoms with Crippen molar-refractivity contribution < 1.29 is 14.3 Å². The minimum atomic E-state index is -0.404. The van der Waals surface area contributed by atoms with Crippen molar-refractivity contribution in [2.75, 3.05) is 32.1 Å². The molecule has 0 bridgehead atoms. The smallest absolute Gasteiger partial charge is 0.410 e. The Hall–Kier alpha value is -2.24. The summed E-state index contributed by atoms with van der Waals surface area (Å²) >= 11 is 0. The van der Waals surface area contributed by atoms with E-state index in [2.05, 4.69) is 5.32 Å². The molecule has 0 saturated carbocycles. The highest BCUT2D eigenvalue weighted by atomic mass is 16.5. The van der Waals surface area contributed by atoms with Gasteiger partial charge in [0, 0.05) is 31.4 Å². The molecule has 2 aliphatic rings. The van der Waals surface area contributed by atoms with Gasteiger partial charge < -0.3 is 15.0 Å². The molecule has 1 aromatic rings. The molecule has 2 fully saturated rings. The van der Waals surface area contributed by atoms with Crippen LogP contribution in [-0.2, 0) is 9.53 Å². The second kappa shape index (κ2) is 6.89. The Morgan fingerprint density at radius 3 is 2.70 bits per heavy atom. The number of carbonyl (C=O) groups is 2. The standard InChI is InChI=1S/C17H23N3O3/c1-23-17(22)20-10-5-8-15(20)16(21)19-11-9-14(12-19)18-13-6-3-2-4-7-13/h2-4,6-7,14-15,18H,5,8-12H2,1H3/t14-,15-/m0/s1. The first-order chi connectivity index (χ1) is 11.2. The minimum Gasteiger partial charge on any atom is -0.453 e. The molecule has 2 amide bonds. The summed E-state index contributed by atoms with van der Waals surface area (Å²) < 4.78 is 4.78. The molecule has 0 unspecified atom stereocenters. The molecule has 3 rings (SSSR count). The van der Waals surface area contributed by atoms with Crippen LogP contribution < -0.4 is 5.32 Å². The fourth-order valence-electron chi connectivity index (χ4n) is 3.42. The molecule has 124 valence electrons. The summed E-state index contributed by atoms with van der Waals surface area (Å²) in [6, 6.07) is 9.92. The minimum absolute atomic E-state index is 0.0465. The highest BCUT2D eigenvalue weighted by molar-refractivity contribution is 5.86. The van der Waals surface area contributed by atoms with Gasteiger partial charge in [-0.05, 0) is 31.4 Å². The molecule has 23 heavy (non-hydrogen) atoms. The van der Waals surface area contributed by atoms with Crippen LogP contribution in [-0.4, -0.2) is 60.6 Å². The molecule has 1 aromatic carbocycles. The number of methoxy groups -OCH3 is 1. The van der Waals surface area contributed by atoms with Gasteiger partial charge in [-0.25, -0.2) is 4.79 Å². The molecular weight excluding hydrogens is 294 g/mol. The number of hydrogen-bond acceptors (Lipinski definition) is 4. The highest BCUT2D eigenvalue weighted by Crippen LogP contribution is 2.23. The maximum Gasteiger partial charge on any atom is 0.410 e. The zero-order valence-corrected chi connectivity index (χ0v) is 13.4. The summed E-state index contributed by atoms with van der Waals surface area (Å²) in [7, 11) is 1.36. The number of benzene rings is 1. The summed E-state index contributed by atoms with van der Waals surface area (Å²) in [6.45, 7) is 2.01. The van der Waals surface area contributed by atoms with Crippen molar-refractivity contribution in [1.82, 2.24) is 9.80 Å². The summed E-state index contributed by atoms with van der Waals surface area (Å²) in [5, 5.41) is 3.46. The highest BCUT2D eigenvalue weighted by Gasteiger charge is 2.39. The van der Waals surface area contributed by atoms with Gasteiger partial charge in [0.05, 0.1) is 7.11 Å². The summed E-state index contributed by atoms with van der Waals surface area (Å²) in [5.41, 5.74) is 1.07. The molecule has 2 saturated heterocycles. The zero-order chi connectivity index (χ0) is 16.2. The van der Waals surface area contributed by atoms with Crippen LogP contribution in [0, 0.1) is 0 Å². The van der Waals surface area contributed by atoms with Gasteiger partial charge >= 0.3 is 6.09 Å². The average molecular weight is 317 g/mol. The molecule has 0 radical (unpaired) electrons. The maximum absolute atomic E-state index is 12.7. The van der Waals surface area contributed by atoms with E-state index in [9.17, 15) is 9.59 Å². The van der Waals surface area contributed by atoms with E-state index >= 15 is 0 Å². The van der Waals surface area contributed by atoms with Gasteiger partial charge in [0.2, 0.25) is 5.91 Å². The number of nitrogens with one attached hydrogen (secondary N) is 1. The molecule has 2 heterocycles. The third kappa shape index (κ3) is 3.41. The van der Waals surface area contributed by atoms with E-state index in [1.165, 1.54) is 7.11 Å². The largest absolute Gasteiger partial charge is 0.453 e. The number of para-hydroxylation sites is 1. The van der Waals surface area contributed by atoms with E-state index in [4.69, 9.17) is 4.74 Å². The van der Waals surface area contributed by atoms with Gasteiger partial charge in [0.1, 0.15) is 6.04 Å². The van der Waals surface area contributed by atoms with Crippen LogP contribution in [0.4, 0.5) is 10.5 Å². The molecule has 1 N–H and O–H groups in total. The second-order valence-electron chi connectivity index (χ2n) is 6.10. The zero-order valence-electron chi connectivity index (χ0n) is 13.4. The third-order valence-corrected chi connectivity index (χ3v) is 4.59. The van der Waals surface area contributed by atoms with Crippen molar-refractivity contribution in [1.29, 1.82) is 0 Å². The number of ether oxygens (including phenoxy) is 1. The monoisotopic (exact) mass is 317 g/mol. The normalized spacial score (nSPS) is 23.9. The van der Waals surface area contributed by atoms with E-state index in [0.29, 0.717) is 13.1 Å². The van der Waals surface area contributed by atoms with Gasteiger partial charge in [0.25, 0.3) is 0 Å². The lowest BCUT2D eigenvalue weighted by Crippen LogP contribution is -2.47. The Labute approximate surface area is 136 Å². The van der Waals surface area contributed by atoms with Gasteiger partial charge in [0.15, 0.2) is 0 Å². The van der Waals surface area contributed by atoms with Crippen molar-refractivity contribution in [3.63, 3.8) is 0 Å². The SMILES string of the molecule is COC(=O)N1CCC[C@H]1C(=O)N1CC[C@H](Nc2ccccc2)C1. The van der Waals surface area contributed by atoms with Crippen molar-refractivity contribution in [3.8, 4) is 0 Å². The molecule has 2 aliphatic heterocycles. The van der Waals surface area contributed by atoms with Crippen molar-refractivity contribution in [2.24, 2.45) is 0 Å². The van der Waals surface area contributed by atoms with Crippen molar-refractivity contribution >= 4 is 17.7 Å².